The number of pyridine rings is 1. The van der Waals surface area contributed by atoms with Gasteiger partial charge in [0.1, 0.15) is 0 Å². The van der Waals surface area contributed by atoms with Crippen LogP contribution < -0.4 is 4.74 Å². The molecule has 0 amide bonds. The molecule has 4 heteroatoms. The molecule has 0 aliphatic rings. The highest BCUT2D eigenvalue weighted by Gasteiger charge is 2.15. The van der Waals surface area contributed by atoms with Crippen molar-refractivity contribution in [2.24, 2.45) is 0 Å². The Kier molecular flexibility index (Phi) is 3.59. The van der Waals surface area contributed by atoms with Gasteiger partial charge in [0.15, 0.2) is 5.82 Å². The predicted molar refractivity (Wildman–Crippen MR) is 65.7 cm³/mol. The van der Waals surface area contributed by atoms with E-state index in [1.807, 2.05) is 30.3 Å². The van der Waals surface area contributed by atoms with Gasteiger partial charge in [0.05, 0.1) is 13.0 Å². The molecule has 17 heavy (non-hydrogen) atoms. The molecule has 0 unspecified atom stereocenters. The number of alkyl halides is 1. The summed E-state index contributed by atoms with van der Waals surface area (Å²) in [5.74, 6) is -0.446. The van der Waals surface area contributed by atoms with Crippen molar-refractivity contribution in [3.63, 3.8) is 0 Å². The summed E-state index contributed by atoms with van der Waals surface area (Å²) < 4.78 is 18.8. The Bertz CT molecular complexity index is 516. The van der Waals surface area contributed by atoms with Crippen molar-refractivity contribution in [3.8, 4) is 17.0 Å². The molecular weight excluding hydrogens is 241 g/mol. The quantitative estimate of drug-likeness (QED) is 0.777. The van der Waals surface area contributed by atoms with Crippen LogP contribution in [0.2, 0.25) is 0 Å². The fourth-order valence-corrected chi connectivity index (χ4v) is 1.91. The standard InChI is InChI=1S/C13H11ClFNO/c1-17-13-12(15)10(7-14)11(8-16-13)9-5-3-2-4-6-9/h2-6,8H,7H2,1H3. The third-order valence-electron chi connectivity index (χ3n) is 2.50. The van der Waals surface area contributed by atoms with Gasteiger partial charge in [-0.2, -0.15) is 0 Å². The molecule has 0 N–H and O–H groups in total. The van der Waals surface area contributed by atoms with E-state index in [2.05, 4.69) is 4.98 Å². The van der Waals surface area contributed by atoms with Crippen molar-refractivity contribution in [2.45, 2.75) is 5.88 Å². The van der Waals surface area contributed by atoms with E-state index in [0.29, 0.717) is 11.1 Å². The fourth-order valence-electron chi connectivity index (χ4n) is 1.64. The zero-order valence-corrected chi connectivity index (χ0v) is 10.0. The molecule has 1 heterocycles. The number of rotatable bonds is 3. The molecule has 0 atom stereocenters. The molecule has 0 fully saturated rings. The lowest BCUT2D eigenvalue weighted by atomic mass is 10.0. The van der Waals surface area contributed by atoms with E-state index in [0.717, 1.165) is 5.56 Å². The topological polar surface area (TPSA) is 22.1 Å². The lowest BCUT2D eigenvalue weighted by molar-refractivity contribution is 0.367. The Morgan fingerprint density at radius 1 is 1.29 bits per heavy atom. The SMILES string of the molecule is COc1ncc(-c2ccccc2)c(CCl)c1F. The van der Waals surface area contributed by atoms with Gasteiger partial charge < -0.3 is 4.74 Å². The lowest BCUT2D eigenvalue weighted by Crippen LogP contribution is -1.99. The average Bonchev–Trinajstić information content (AvgIpc) is 2.39. The van der Waals surface area contributed by atoms with Gasteiger partial charge in [0.25, 0.3) is 0 Å². The van der Waals surface area contributed by atoms with Gasteiger partial charge >= 0.3 is 0 Å². The minimum Gasteiger partial charge on any atom is -0.479 e. The Balaban J connectivity index is 2.59. The summed E-state index contributed by atoms with van der Waals surface area (Å²) in [6.45, 7) is 0. The maximum absolute atomic E-state index is 13.9. The minimum atomic E-state index is -0.496. The second-order valence-electron chi connectivity index (χ2n) is 3.47. The van der Waals surface area contributed by atoms with Gasteiger partial charge in [-0.1, -0.05) is 30.3 Å². The van der Waals surface area contributed by atoms with E-state index in [1.54, 1.807) is 6.20 Å². The van der Waals surface area contributed by atoms with E-state index in [-0.39, 0.29) is 11.8 Å². The van der Waals surface area contributed by atoms with Crippen LogP contribution in [0, 0.1) is 5.82 Å². The van der Waals surface area contributed by atoms with E-state index in [9.17, 15) is 4.39 Å². The maximum Gasteiger partial charge on any atom is 0.250 e. The zero-order valence-electron chi connectivity index (χ0n) is 9.28. The maximum atomic E-state index is 13.9. The highest BCUT2D eigenvalue weighted by molar-refractivity contribution is 6.17. The second kappa shape index (κ2) is 5.15. The highest BCUT2D eigenvalue weighted by Crippen LogP contribution is 2.29. The monoisotopic (exact) mass is 251 g/mol. The van der Waals surface area contributed by atoms with Crippen LogP contribution in [0.3, 0.4) is 0 Å². The van der Waals surface area contributed by atoms with Gasteiger partial charge in [-0.3, -0.25) is 0 Å². The third kappa shape index (κ3) is 2.24. The summed E-state index contributed by atoms with van der Waals surface area (Å²) in [6, 6.07) is 9.44. The minimum absolute atomic E-state index is 0.0275. The Hall–Kier alpha value is -1.61. The van der Waals surface area contributed by atoms with E-state index < -0.39 is 5.82 Å². The predicted octanol–water partition coefficient (Wildman–Crippen LogP) is 3.64. The zero-order chi connectivity index (χ0) is 12.3. The molecule has 0 saturated carbocycles. The fraction of sp³-hybridized carbons (Fsp3) is 0.154. The summed E-state index contributed by atoms with van der Waals surface area (Å²) in [7, 11) is 1.38. The number of methoxy groups -OCH3 is 1. The number of nitrogens with zero attached hydrogens (tertiary/aromatic N) is 1. The first-order chi connectivity index (χ1) is 8.27. The van der Waals surface area contributed by atoms with Crippen LogP contribution in [0.5, 0.6) is 5.88 Å². The van der Waals surface area contributed by atoms with Crippen molar-refractivity contribution in [1.29, 1.82) is 0 Å². The smallest absolute Gasteiger partial charge is 0.250 e. The van der Waals surface area contributed by atoms with Crippen molar-refractivity contribution >= 4 is 11.6 Å². The number of hydrogen-bond donors (Lipinski definition) is 0. The summed E-state index contributed by atoms with van der Waals surface area (Å²) in [5, 5.41) is 0. The molecule has 1 aromatic heterocycles. The van der Waals surface area contributed by atoms with E-state index in [1.165, 1.54) is 7.11 Å². The molecule has 2 rings (SSSR count). The molecule has 88 valence electrons. The van der Waals surface area contributed by atoms with Crippen LogP contribution in [0.4, 0.5) is 4.39 Å². The molecular formula is C13H11ClFNO. The molecule has 0 saturated heterocycles. The molecule has 0 radical (unpaired) electrons. The number of ether oxygens (including phenoxy) is 1. The van der Waals surface area contributed by atoms with Crippen LogP contribution in [-0.2, 0) is 5.88 Å². The van der Waals surface area contributed by atoms with E-state index >= 15 is 0 Å². The normalized spacial score (nSPS) is 10.3. The largest absolute Gasteiger partial charge is 0.479 e. The Labute approximate surface area is 104 Å². The van der Waals surface area contributed by atoms with Gasteiger partial charge in [-0.05, 0) is 5.56 Å². The van der Waals surface area contributed by atoms with Crippen molar-refractivity contribution < 1.29 is 9.13 Å². The second-order valence-corrected chi connectivity index (χ2v) is 3.74. The van der Waals surface area contributed by atoms with Crippen LogP contribution in [0.15, 0.2) is 36.5 Å². The summed E-state index contributed by atoms with van der Waals surface area (Å²) in [6.07, 6.45) is 1.58. The molecule has 0 bridgehead atoms. The van der Waals surface area contributed by atoms with E-state index in [4.69, 9.17) is 16.3 Å². The first kappa shape index (κ1) is 11.9. The van der Waals surface area contributed by atoms with Crippen LogP contribution in [0.25, 0.3) is 11.1 Å². The molecule has 0 aliphatic carbocycles. The Morgan fingerprint density at radius 3 is 2.59 bits per heavy atom. The summed E-state index contributed by atoms with van der Waals surface area (Å²) >= 11 is 5.79. The number of benzene rings is 1. The summed E-state index contributed by atoms with van der Waals surface area (Å²) in [4.78, 5) is 3.93. The number of aromatic nitrogens is 1. The van der Waals surface area contributed by atoms with Gasteiger partial charge in [-0.25, -0.2) is 9.37 Å². The number of hydrogen-bond acceptors (Lipinski definition) is 2. The molecule has 2 aromatic rings. The molecule has 0 spiro atoms. The van der Waals surface area contributed by atoms with Crippen LogP contribution in [-0.4, -0.2) is 12.1 Å². The van der Waals surface area contributed by atoms with Gasteiger partial charge in [0.2, 0.25) is 5.88 Å². The molecule has 1 aromatic carbocycles. The van der Waals surface area contributed by atoms with Crippen molar-refractivity contribution in [1.82, 2.24) is 4.98 Å². The van der Waals surface area contributed by atoms with Crippen molar-refractivity contribution in [3.05, 3.63) is 47.9 Å². The third-order valence-corrected chi connectivity index (χ3v) is 2.77. The van der Waals surface area contributed by atoms with Crippen LogP contribution in [0.1, 0.15) is 5.56 Å². The first-order valence-electron chi connectivity index (χ1n) is 5.10. The lowest BCUT2D eigenvalue weighted by Gasteiger charge is -2.10. The Morgan fingerprint density at radius 2 is 2.00 bits per heavy atom. The van der Waals surface area contributed by atoms with Crippen LogP contribution >= 0.6 is 11.6 Å². The molecule has 2 nitrogen and oxygen atoms in total. The summed E-state index contributed by atoms with van der Waals surface area (Å²) in [5.41, 5.74) is 1.99. The molecule has 0 aliphatic heterocycles. The van der Waals surface area contributed by atoms with Gasteiger partial charge in [-0.15, -0.1) is 11.6 Å². The van der Waals surface area contributed by atoms with Gasteiger partial charge in [0, 0.05) is 17.3 Å². The highest BCUT2D eigenvalue weighted by atomic mass is 35.5. The average molecular weight is 252 g/mol. The first-order valence-corrected chi connectivity index (χ1v) is 5.64. The number of halogens is 2. The van der Waals surface area contributed by atoms with Crippen molar-refractivity contribution in [2.75, 3.05) is 7.11 Å².